The molecule has 106 valence electrons. The molecule has 0 bridgehead atoms. The second-order valence-corrected chi connectivity index (χ2v) is 6.36. The van der Waals surface area contributed by atoms with E-state index in [-0.39, 0.29) is 11.3 Å². The second-order valence-electron chi connectivity index (χ2n) is 4.64. The average molecular weight is 285 g/mol. The molecule has 0 heterocycles. The first-order chi connectivity index (χ1) is 8.77. The third-order valence-corrected chi connectivity index (χ3v) is 4.35. The van der Waals surface area contributed by atoms with Gasteiger partial charge in [-0.1, -0.05) is 32.9 Å². The van der Waals surface area contributed by atoms with Gasteiger partial charge in [-0.15, -0.1) is 0 Å². The Morgan fingerprint density at radius 2 is 1.79 bits per heavy atom. The molecule has 0 saturated carbocycles. The smallest absolute Gasteiger partial charge is 0.321 e. The van der Waals surface area contributed by atoms with Crippen LogP contribution in [0.4, 0.5) is 0 Å². The van der Waals surface area contributed by atoms with Gasteiger partial charge in [0.1, 0.15) is 6.04 Å². The molecule has 0 fully saturated rings. The maximum absolute atomic E-state index is 12.0. The van der Waals surface area contributed by atoms with E-state index in [0.717, 1.165) is 5.56 Å². The molecule has 6 heteroatoms. The lowest BCUT2D eigenvalue weighted by Crippen LogP contribution is -2.40. The molecule has 0 aliphatic heterocycles. The summed E-state index contributed by atoms with van der Waals surface area (Å²) in [4.78, 5) is 10.9. The molecule has 0 amide bonds. The summed E-state index contributed by atoms with van der Waals surface area (Å²) >= 11 is 0. The third kappa shape index (κ3) is 4.04. The monoisotopic (exact) mass is 285 g/mol. The zero-order valence-corrected chi connectivity index (χ0v) is 12.1. The quantitative estimate of drug-likeness (QED) is 0.836. The summed E-state index contributed by atoms with van der Waals surface area (Å²) in [7, 11) is -3.79. The van der Waals surface area contributed by atoms with Crippen LogP contribution in [0, 0.1) is 0 Å². The van der Waals surface area contributed by atoms with Crippen molar-refractivity contribution in [1.29, 1.82) is 0 Å². The second kappa shape index (κ2) is 6.16. The van der Waals surface area contributed by atoms with Crippen LogP contribution in [0.25, 0.3) is 0 Å². The molecule has 0 saturated heterocycles. The fourth-order valence-electron chi connectivity index (χ4n) is 1.60. The fourth-order valence-corrected chi connectivity index (χ4v) is 2.87. The highest BCUT2D eigenvalue weighted by Gasteiger charge is 2.23. The van der Waals surface area contributed by atoms with Crippen molar-refractivity contribution in [1.82, 2.24) is 4.72 Å². The highest BCUT2D eigenvalue weighted by molar-refractivity contribution is 7.89. The van der Waals surface area contributed by atoms with E-state index in [1.807, 2.05) is 13.8 Å². The molecule has 0 unspecified atom stereocenters. The van der Waals surface area contributed by atoms with Crippen molar-refractivity contribution < 1.29 is 18.3 Å². The minimum Gasteiger partial charge on any atom is -0.480 e. The molecule has 19 heavy (non-hydrogen) atoms. The standard InChI is InChI=1S/C13H19NO4S/c1-4-12(13(15)16)14-19(17,18)11-7-5-10(6-8-11)9(2)3/h5-9,12,14H,4H2,1-3H3,(H,15,16)/t12-/m1/s1. The summed E-state index contributed by atoms with van der Waals surface area (Å²) in [5, 5.41) is 8.87. The van der Waals surface area contributed by atoms with Gasteiger partial charge >= 0.3 is 5.97 Å². The number of nitrogens with one attached hydrogen (secondary N) is 1. The van der Waals surface area contributed by atoms with Crippen molar-refractivity contribution in [3.63, 3.8) is 0 Å². The molecule has 5 nitrogen and oxygen atoms in total. The molecular weight excluding hydrogens is 266 g/mol. The number of hydrogen-bond acceptors (Lipinski definition) is 3. The lowest BCUT2D eigenvalue weighted by molar-refractivity contribution is -0.139. The van der Waals surface area contributed by atoms with Crippen LogP contribution in [-0.2, 0) is 14.8 Å². The molecule has 1 aromatic rings. The van der Waals surface area contributed by atoms with Crippen molar-refractivity contribution in [3.05, 3.63) is 29.8 Å². The predicted octanol–water partition coefficient (Wildman–Crippen LogP) is 1.95. The summed E-state index contributed by atoms with van der Waals surface area (Å²) in [6, 6.07) is 5.36. The van der Waals surface area contributed by atoms with Gasteiger partial charge in [-0.25, -0.2) is 8.42 Å². The van der Waals surface area contributed by atoms with Crippen LogP contribution >= 0.6 is 0 Å². The van der Waals surface area contributed by atoms with Gasteiger partial charge in [-0.3, -0.25) is 4.79 Å². The highest BCUT2D eigenvalue weighted by atomic mass is 32.2. The van der Waals surface area contributed by atoms with E-state index in [9.17, 15) is 13.2 Å². The molecule has 2 N–H and O–H groups in total. The minimum atomic E-state index is -3.79. The maximum atomic E-state index is 12.0. The van der Waals surface area contributed by atoms with E-state index in [1.54, 1.807) is 19.1 Å². The van der Waals surface area contributed by atoms with E-state index < -0.39 is 22.0 Å². The number of benzene rings is 1. The predicted molar refractivity (Wildman–Crippen MR) is 72.6 cm³/mol. The van der Waals surface area contributed by atoms with Gasteiger partial charge in [-0.2, -0.15) is 4.72 Å². The van der Waals surface area contributed by atoms with Crippen molar-refractivity contribution in [2.45, 2.75) is 44.0 Å². The van der Waals surface area contributed by atoms with Crippen molar-refractivity contribution >= 4 is 16.0 Å². The number of sulfonamides is 1. The Morgan fingerprint density at radius 3 is 2.16 bits per heavy atom. The van der Waals surface area contributed by atoms with Crippen LogP contribution in [-0.4, -0.2) is 25.5 Å². The van der Waals surface area contributed by atoms with Crippen LogP contribution in [0.5, 0.6) is 0 Å². The Hall–Kier alpha value is -1.40. The molecule has 1 aromatic carbocycles. The summed E-state index contributed by atoms with van der Waals surface area (Å²) in [6.07, 6.45) is 0.193. The van der Waals surface area contributed by atoms with Crippen LogP contribution < -0.4 is 4.72 Å². The summed E-state index contributed by atoms with van der Waals surface area (Å²) in [5.41, 5.74) is 1.03. The Kier molecular flexibility index (Phi) is 5.08. The number of carboxylic acids is 1. The SMILES string of the molecule is CC[C@@H](NS(=O)(=O)c1ccc(C(C)C)cc1)C(=O)O. The summed E-state index contributed by atoms with van der Waals surface area (Å²) in [6.45, 7) is 5.64. The molecule has 1 atom stereocenters. The zero-order chi connectivity index (χ0) is 14.6. The number of hydrogen-bond donors (Lipinski definition) is 2. The van der Waals surface area contributed by atoms with Gasteiger partial charge in [0.25, 0.3) is 0 Å². The Labute approximate surface area is 113 Å². The molecular formula is C13H19NO4S. The zero-order valence-electron chi connectivity index (χ0n) is 11.3. The number of aliphatic carboxylic acids is 1. The topological polar surface area (TPSA) is 83.5 Å². The first-order valence-electron chi connectivity index (χ1n) is 6.13. The van der Waals surface area contributed by atoms with E-state index in [1.165, 1.54) is 12.1 Å². The van der Waals surface area contributed by atoms with Gasteiger partial charge in [0.2, 0.25) is 10.0 Å². The number of carboxylic acid groups (broad SMARTS) is 1. The fraction of sp³-hybridized carbons (Fsp3) is 0.462. The summed E-state index contributed by atoms with van der Waals surface area (Å²) < 4.78 is 26.2. The van der Waals surface area contributed by atoms with E-state index in [0.29, 0.717) is 5.92 Å². The number of rotatable bonds is 6. The molecule has 0 aliphatic rings. The van der Waals surface area contributed by atoms with Crippen LogP contribution in [0.3, 0.4) is 0 Å². The first kappa shape index (κ1) is 15.7. The van der Waals surface area contributed by atoms with E-state index in [4.69, 9.17) is 5.11 Å². The largest absolute Gasteiger partial charge is 0.480 e. The Morgan fingerprint density at radius 1 is 1.26 bits per heavy atom. The minimum absolute atomic E-state index is 0.0802. The molecule has 0 spiro atoms. The van der Waals surface area contributed by atoms with Crippen molar-refractivity contribution in [2.24, 2.45) is 0 Å². The van der Waals surface area contributed by atoms with Crippen LogP contribution in [0.15, 0.2) is 29.2 Å². The normalized spacial score (nSPS) is 13.5. The van der Waals surface area contributed by atoms with Crippen molar-refractivity contribution in [3.8, 4) is 0 Å². The Bertz CT molecular complexity index is 534. The molecule has 0 aliphatic carbocycles. The lowest BCUT2D eigenvalue weighted by Gasteiger charge is -2.13. The van der Waals surface area contributed by atoms with E-state index in [2.05, 4.69) is 4.72 Å². The average Bonchev–Trinajstić information content (AvgIpc) is 2.35. The van der Waals surface area contributed by atoms with Gasteiger partial charge in [0, 0.05) is 0 Å². The highest BCUT2D eigenvalue weighted by Crippen LogP contribution is 2.17. The summed E-state index contributed by atoms with van der Waals surface area (Å²) in [5.74, 6) is -0.864. The van der Waals surface area contributed by atoms with Gasteiger partial charge in [-0.05, 0) is 30.0 Å². The lowest BCUT2D eigenvalue weighted by atomic mass is 10.0. The molecule has 1 rings (SSSR count). The van der Waals surface area contributed by atoms with Gasteiger partial charge in [0.15, 0.2) is 0 Å². The number of carbonyl (C=O) groups is 1. The van der Waals surface area contributed by atoms with Crippen LogP contribution in [0.1, 0.15) is 38.7 Å². The van der Waals surface area contributed by atoms with E-state index >= 15 is 0 Å². The Balaban J connectivity index is 2.97. The van der Waals surface area contributed by atoms with Crippen molar-refractivity contribution in [2.75, 3.05) is 0 Å². The van der Waals surface area contributed by atoms with Gasteiger partial charge in [0.05, 0.1) is 4.90 Å². The molecule has 0 radical (unpaired) electrons. The molecule has 0 aromatic heterocycles. The van der Waals surface area contributed by atoms with Gasteiger partial charge < -0.3 is 5.11 Å². The third-order valence-electron chi connectivity index (χ3n) is 2.86. The first-order valence-corrected chi connectivity index (χ1v) is 7.61. The van der Waals surface area contributed by atoms with Crippen LogP contribution in [0.2, 0.25) is 0 Å². The maximum Gasteiger partial charge on any atom is 0.321 e.